The first-order valence-corrected chi connectivity index (χ1v) is 8.56. The maximum atomic E-state index is 3.46. The second kappa shape index (κ2) is 7.28. The lowest BCUT2D eigenvalue weighted by Crippen LogP contribution is -2.47. The van der Waals surface area contributed by atoms with Gasteiger partial charge in [0.05, 0.1) is 0 Å². The van der Waals surface area contributed by atoms with Gasteiger partial charge in [0.2, 0.25) is 0 Å². The predicted molar refractivity (Wildman–Crippen MR) is 90.0 cm³/mol. The molecule has 0 atom stereocenters. The molecule has 3 heteroatoms. The normalized spacial score (nSPS) is 21.7. The lowest BCUT2D eigenvalue weighted by atomic mass is 9.94. The van der Waals surface area contributed by atoms with Crippen LogP contribution >= 0.6 is 0 Å². The fraction of sp³-hybridized carbons (Fsp3) is 0.667. The molecule has 2 heterocycles. The van der Waals surface area contributed by atoms with E-state index in [1.165, 1.54) is 76.3 Å². The maximum absolute atomic E-state index is 3.46. The number of benzene rings is 1. The molecular formula is C18H29N3. The summed E-state index contributed by atoms with van der Waals surface area (Å²) in [7, 11) is 0. The minimum atomic E-state index is 0.959. The molecule has 2 aliphatic rings. The summed E-state index contributed by atoms with van der Waals surface area (Å²) in [6, 6.07) is 8.91. The number of hydrogen-bond acceptors (Lipinski definition) is 3. The molecule has 0 amide bonds. The van der Waals surface area contributed by atoms with Crippen LogP contribution in [0, 0.1) is 12.8 Å². The Bertz CT molecular complexity index is 432. The molecule has 1 N–H and O–H groups in total. The van der Waals surface area contributed by atoms with E-state index in [4.69, 9.17) is 0 Å². The number of piperidine rings is 1. The number of hydrogen-bond donors (Lipinski definition) is 1. The van der Waals surface area contributed by atoms with Gasteiger partial charge in [0.1, 0.15) is 0 Å². The van der Waals surface area contributed by atoms with Crippen LogP contribution in [0.3, 0.4) is 0 Å². The van der Waals surface area contributed by atoms with Crippen molar-refractivity contribution in [2.24, 2.45) is 5.92 Å². The summed E-state index contributed by atoms with van der Waals surface area (Å²) in [6.45, 7) is 10.7. The van der Waals surface area contributed by atoms with Crippen LogP contribution in [0.5, 0.6) is 0 Å². The van der Waals surface area contributed by atoms with E-state index in [0.717, 1.165) is 5.92 Å². The molecule has 0 radical (unpaired) electrons. The highest BCUT2D eigenvalue weighted by molar-refractivity contribution is 5.48. The zero-order valence-corrected chi connectivity index (χ0v) is 13.4. The first kappa shape index (κ1) is 14.9. The van der Waals surface area contributed by atoms with Crippen molar-refractivity contribution in [3.63, 3.8) is 0 Å². The first-order valence-electron chi connectivity index (χ1n) is 8.56. The van der Waals surface area contributed by atoms with E-state index in [0.29, 0.717) is 0 Å². The molecule has 116 valence electrons. The van der Waals surface area contributed by atoms with E-state index in [2.05, 4.69) is 46.3 Å². The third-order valence-electron chi connectivity index (χ3n) is 5.05. The third kappa shape index (κ3) is 4.21. The Kier molecular flexibility index (Phi) is 5.15. The molecule has 3 rings (SSSR count). The van der Waals surface area contributed by atoms with Crippen LogP contribution < -0.4 is 10.2 Å². The molecule has 21 heavy (non-hydrogen) atoms. The van der Waals surface area contributed by atoms with Crippen LogP contribution in [-0.2, 0) is 0 Å². The van der Waals surface area contributed by atoms with Gasteiger partial charge in [0, 0.05) is 31.9 Å². The molecule has 2 saturated heterocycles. The Morgan fingerprint density at radius 3 is 2.57 bits per heavy atom. The Morgan fingerprint density at radius 2 is 1.86 bits per heavy atom. The van der Waals surface area contributed by atoms with Crippen LogP contribution in [0.15, 0.2) is 24.3 Å². The maximum Gasteiger partial charge on any atom is 0.0369 e. The predicted octanol–water partition coefficient (Wildman–Crippen LogP) is 2.51. The van der Waals surface area contributed by atoms with Gasteiger partial charge in [-0.1, -0.05) is 12.1 Å². The molecule has 0 aromatic heterocycles. The minimum absolute atomic E-state index is 0.959. The molecule has 0 spiro atoms. The average molecular weight is 287 g/mol. The van der Waals surface area contributed by atoms with Gasteiger partial charge >= 0.3 is 0 Å². The standard InChI is InChI=1S/C18H29N3/c1-16-3-2-4-18(15-16)21-13-11-20(12-14-21)10-7-17-5-8-19-9-6-17/h2-4,15,17,19H,5-14H2,1H3. The van der Waals surface area contributed by atoms with Gasteiger partial charge in [-0.05, 0) is 69.4 Å². The Hall–Kier alpha value is -1.06. The molecule has 0 unspecified atom stereocenters. The van der Waals surface area contributed by atoms with Gasteiger partial charge in [-0.15, -0.1) is 0 Å². The van der Waals surface area contributed by atoms with Gasteiger partial charge in [-0.3, -0.25) is 4.90 Å². The number of piperazine rings is 1. The van der Waals surface area contributed by atoms with E-state index in [1.807, 2.05) is 0 Å². The highest BCUT2D eigenvalue weighted by Crippen LogP contribution is 2.20. The Morgan fingerprint density at radius 1 is 1.10 bits per heavy atom. The SMILES string of the molecule is Cc1cccc(N2CCN(CCC3CCNCC3)CC2)c1. The molecule has 2 aliphatic heterocycles. The largest absolute Gasteiger partial charge is 0.369 e. The van der Waals surface area contributed by atoms with Crippen molar-refractivity contribution in [2.75, 3.05) is 50.7 Å². The molecule has 0 saturated carbocycles. The first-order chi connectivity index (χ1) is 10.3. The smallest absolute Gasteiger partial charge is 0.0369 e. The number of nitrogens with zero attached hydrogens (tertiary/aromatic N) is 2. The fourth-order valence-electron chi connectivity index (χ4n) is 3.59. The summed E-state index contributed by atoms with van der Waals surface area (Å²) in [5.74, 6) is 0.959. The van der Waals surface area contributed by atoms with Gasteiger partial charge in [0.15, 0.2) is 0 Å². The van der Waals surface area contributed by atoms with Crippen LogP contribution in [0.2, 0.25) is 0 Å². The lowest BCUT2D eigenvalue weighted by molar-refractivity contribution is 0.224. The molecular weight excluding hydrogens is 258 g/mol. The van der Waals surface area contributed by atoms with Gasteiger partial charge < -0.3 is 10.2 Å². The summed E-state index contributed by atoms with van der Waals surface area (Å²) in [6.07, 6.45) is 4.15. The molecule has 1 aromatic carbocycles. The molecule has 0 aliphatic carbocycles. The Labute approximate surface area is 129 Å². The van der Waals surface area contributed by atoms with Crippen molar-refractivity contribution in [3.05, 3.63) is 29.8 Å². The van der Waals surface area contributed by atoms with Gasteiger partial charge in [0.25, 0.3) is 0 Å². The van der Waals surface area contributed by atoms with E-state index < -0.39 is 0 Å². The number of nitrogens with one attached hydrogen (secondary N) is 1. The zero-order chi connectivity index (χ0) is 14.5. The summed E-state index contributed by atoms with van der Waals surface area (Å²) >= 11 is 0. The van der Waals surface area contributed by atoms with Gasteiger partial charge in [-0.25, -0.2) is 0 Å². The molecule has 3 nitrogen and oxygen atoms in total. The number of aryl methyl sites for hydroxylation is 1. The highest BCUT2D eigenvalue weighted by atomic mass is 15.3. The quantitative estimate of drug-likeness (QED) is 0.918. The van der Waals surface area contributed by atoms with E-state index in [-0.39, 0.29) is 0 Å². The fourth-order valence-corrected chi connectivity index (χ4v) is 3.59. The van der Waals surface area contributed by atoms with Crippen LogP contribution in [0.4, 0.5) is 5.69 Å². The van der Waals surface area contributed by atoms with E-state index in [9.17, 15) is 0 Å². The highest BCUT2D eigenvalue weighted by Gasteiger charge is 2.19. The van der Waals surface area contributed by atoms with Crippen molar-refractivity contribution in [2.45, 2.75) is 26.2 Å². The van der Waals surface area contributed by atoms with Crippen LogP contribution in [-0.4, -0.2) is 50.7 Å². The molecule has 1 aromatic rings. The van der Waals surface area contributed by atoms with Crippen molar-refractivity contribution < 1.29 is 0 Å². The molecule has 0 bridgehead atoms. The van der Waals surface area contributed by atoms with Crippen LogP contribution in [0.25, 0.3) is 0 Å². The van der Waals surface area contributed by atoms with Crippen LogP contribution in [0.1, 0.15) is 24.8 Å². The van der Waals surface area contributed by atoms with Crippen molar-refractivity contribution >= 4 is 5.69 Å². The third-order valence-corrected chi connectivity index (χ3v) is 5.05. The summed E-state index contributed by atoms with van der Waals surface area (Å²) < 4.78 is 0. The minimum Gasteiger partial charge on any atom is -0.369 e. The summed E-state index contributed by atoms with van der Waals surface area (Å²) in [5.41, 5.74) is 2.76. The lowest BCUT2D eigenvalue weighted by Gasteiger charge is -2.37. The monoisotopic (exact) mass is 287 g/mol. The average Bonchev–Trinajstić information content (AvgIpc) is 2.54. The van der Waals surface area contributed by atoms with Crippen molar-refractivity contribution in [3.8, 4) is 0 Å². The zero-order valence-electron chi connectivity index (χ0n) is 13.4. The Balaban J connectivity index is 1.42. The van der Waals surface area contributed by atoms with Gasteiger partial charge in [-0.2, -0.15) is 0 Å². The number of anilines is 1. The second-order valence-corrected chi connectivity index (χ2v) is 6.65. The second-order valence-electron chi connectivity index (χ2n) is 6.65. The van der Waals surface area contributed by atoms with E-state index >= 15 is 0 Å². The summed E-state index contributed by atoms with van der Waals surface area (Å²) in [4.78, 5) is 5.20. The number of rotatable bonds is 4. The topological polar surface area (TPSA) is 18.5 Å². The summed E-state index contributed by atoms with van der Waals surface area (Å²) in [5, 5.41) is 3.46. The van der Waals surface area contributed by atoms with Crippen molar-refractivity contribution in [1.29, 1.82) is 0 Å². The molecule has 2 fully saturated rings. The van der Waals surface area contributed by atoms with Crippen molar-refractivity contribution in [1.82, 2.24) is 10.2 Å². The van der Waals surface area contributed by atoms with E-state index in [1.54, 1.807) is 0 Å².